The van der Waals surface area contributed by atoms with E-state index in [4.69, 9.17) is 10.5 Å². The van der Waals surface area contributed by atoms with Crippen molar-refractivity contribution in [3.8, 4) is 0 Å². The van der Waals surface area contributed by atoms with Crippen LogP contribution in [0.1, 0.15) is 48.0 Å². The lowest BCUT2D eigenvalue weighted by Crippen LogP contribution is -2.49. The molecule has 0 rings (SSSR count). The highest BCUT2D eigenvalue weighted by atomic mass is 16.6. The lowest BCUT2D eigenvalue weighted by Gasteiger charge is -2.28. The number of hydrogen-bond donors (Lipinski definition) is 2. The molecule has 0 aromatic rings. The zero-order valence-corrected chi connectivity index (χ0v) is 11.4. The summed E-state index contributed by atoms with van der Waals surface area (Å²) in [5, 5.41) is 2.70. The van der Waals surface area contributed by atoms with Gasteiger partial charge in [0.1, 0.15) is 5.60 Å². The number of ether oxygens (including phenoxy) is 1. The molecule has 0 radical (unpaired) electrons. The third-order valence-electron chi connectivity index (χ3n) is 1.91. The first-order valence-corrected chi connectivity index (χ1v) is 5.77. The molecule has 0 fully saturated rings. The number of hydrogen-bond acceptors (Lipinski definition) is 3. The van der Waals surface area contributed by atoms with Gasteiger partial charge in [-0.15, -0.1) is 0 Å². The molecule has 0 aliphatic heterocycles. The van der Waals surface area contributed by atoms with Crippen molar-refractivity contribution in [1.29, 1.82) is 0 Å². The molecule has 1 atom stereocenters. The van der Waals surface area contributed by atoms with Crippen LogP contribution in [0.15, 0.2) is 0 Å². The van der Waals surface area contributed by atoms with E-state index in [0.717, 1.165) is 6.42 Å². The van der Waals surface area contributed by atoms with Crippen molar-refractivity contribution in [2.75, 3.05) is 6.54 Å². The Balaban J connectivity index is 4.00. The Labute approximate surface area is 98.9 Å². The molecule has 0 heterocycles. The second-order valence-corrected chi connectivity index (χ2v) is 6.11. The van der Waals surface area contributed by atoms with Gasteiger partial charge in [-0.25, -0.2) is 4.79 Å². The predicted octanol–water partition coefficient (Wildman–Crippen LogP) is 2.27. The van der Waals surface area contributed by atoms with Crippen molar-refractivity contribution >= 4 is 6.09 Å². The van der Waals surface area contributed by atoms with Crippen LogP contribution < -0.4 is 11.1 Å². The summed E-state index contributed by atoms with van der Waals surface area (Å²) in [6.07, 6.45) is 0.455. The fourth-order valence-corrected chi connectivity index (χ4v) is 1.59. The smallest absolute Gasteiger partial charge is 0.407 e. The van der Waals surface area contributed by atoms with Crippen molar-refractivity contribution in [2.24, 2.45) is 11.7 Å². The molecule has 0 saturated carbocycles. The highest BCUT2D eigenvalue weighted by Gasteiger charge is 2.22. The third kappa shape index (κ3) is 8.53. The number of alkyl carbamates (subject to hydrolysis) is 1. The normalized spacial score (nSPS) is 15.8. The summed E-state index contributed by atoms with van der Waals surface area (Å²) in [7, 11) is 0. The van der Waals surface area contributed by atoms with Gasteiger partial charge in [-0.1, -0.05) is 13.8 Å². The second kappa shape index (κ2) is 5.53. The van der Waals surface area contributed by atoms with Crippen LogP contribution in [-0.4, -0.2) is 23.8 Å². The summed E-state index contributed by atoms with van der Waals surface area (Å²) in [5.74, 6) is 0.510. The number of nitrogens with one attached hydrogen (secondary N) is 1. The minimum atomic E-state index is -0.465. The lowest BCUT2D eigenvalue weighted by molar-refractivity contribution is 0.0514. The Morgan fingerprint density at radius 3 is 2.19 bits per heavy atom. The molecule has 0 aromatic heterocycles. The highest BCUT2D eigenvalue weighted by Crippen LogP contribution is 2.13. The van der Waals surface area contributed by atoms with Crippen LogP contribution in [0, 0.1) is 5.92 Å². The quantitative estimate of drug-likeness (QED) is 0.778. The minimum absolute atomic E-state index is 0.384. The van der Waals surface area contributed by atoms with Gasteiger partial charge in [0.2, 0.25) is 0 Å². The molecule has 16 heavy (non-hydrogen) atoms. The monoisotopic (exact) mass is 230 g/mol. The van der Waals surface area contributed by atoms with E-state index in [2.05, 4.69) is 19.2 Å². The molecule has 0 aromatic carbocycles. The van der Waals surface area contributed by atoms with E-state index in [0.29, 0.717) is 12.5 Å². The Bertz CT molecular complexity index is 230. The topological polar surface area (TPSA) is 64.3 Å². The molecule has 4 nitrogen and oxygen atoms in total. The Morgan fingerprint density at radius 2 is 1.81 bits per heavy atom. The van der Waals surface area contributed by atoms with Gasteiger partial charge in [0, 0.05) is 12.1 Å². The van der Waals surface area contributed by atoms with E-state index in [-0.39, 0.29) is 5.54 Å². The van der Waals surface area contributed by atoms with Crippen LogP contribution >= 0.6 is 0 Å². The zero-order valence-electron chi connectivity index (χ0n) is 11.4. The van der Waals surface area contributed by atoms with Gasteiger partial charge in [0.15, 0.2) is 0 Å². The second-order valence-electron chi connectivity index (χ2n) is 6.11. The molecular formula is C12H26N2O2. The minimum Gasteiger partial charge on any atom is -0.444 e. The van der Waals surface area contributed by atoms with E-state index in [1.165, 1.54) is 0 Å². The predicted molar refractivity (Wildman–Crippen MR) is 66.3 cm³/mol. The molecule has 0 aliphatic carbocycles. The van der Waals surface area contributed by atoms with Crippen molar-refractivity contribution < 1.29 is 9.53 Å². The van der Waals surface area contributed by atoms with Crippen LogP contribution in [0.2, 0.25) is 0 Å². The molecule has 0 saturated heterocycles. The van der Waals surface area contributed by atoms with Gasteiger partial charge in [-0.3, -0.25) is 0 Å². The van der Waals surface area contributed by atoms with E-state index in [1.807, 2.05) is 27.7 Å². The Hall–Kier alpha value is -0.770. The van der Waals surface area contributed by atoms with Crippen LogP contribution in [0.3, 0.4) is 0 Å². The summed E-state index contributed by atoms with van der Waals surface area (Å²) in [6.45, 7) is 12.1. The Morgan fingerprint density at radius 1 is 1.31 bits per heavy atom. The number of carbonyl (C=O) groups is 1. The maximum atomic E-state index is 11.4. The van der Waals surface area contributed by atoms with Gasteiger partial charge in [-0.05, 0) is 40.0 Å². The van der Waals surface area contributed by atoms with Gasteiger partial charge < -0.3 is 15.8 Å². The largest absolute Gasteiger partial charge is 0.444 e. The van der Waals surface area contributed by atoms with E-state index >= 15 is 0 Å². The summed E-state index contributed by atoms with van der Waals surface area (Å²) in [5.41, 5.74) is 5.21. The molecule has 0 aliphatic rings. The average molecular weight is 230 g/mol. The summed E-state index contributed by atoms with van der Waals surface area (Å²) >= 11 is 0. The lowest BCUT2D eigenvalue weighted by atomic mass is 9.92. The van der Waals surface area contributed by atoms with E-state index in [9.17, 15) is 4.79 Å². The summed E-state index contributed by atoms with van der Waals surface area (Å²) in [4.78, 5) is 11.4. The maximum absolute atomic E-state index is 11.4. The molecule has 1 unspecified atom stereocenters. The van der Waals surface area contributed by atoms with E-state index < -0.39 is 11.7 Å². The molecular weight excluding hydrogens is 204 g/mol. The number of rotatable bonds is 4. The zero-order chi connectivity index (χ0) is 13.0. The first-order valence-electron chi connectivity index (χ1n) is 5.77. The molecule has 4 heteroatoms. The molecule has 1 amide bonds. The van der Waals surface area contributed by atoms with Gasteiger partial charge in [0.05, 0.1) is 0 Å². The van der Waals surface area contributed by atoms with Gasteiger partial charge in [-0.2, -0.15) is 0 Å². The average Bonchev–Trinajstić information content (AvgIpc) is 1.95. The van der Waals surface area contributed by atoms with Crippen LogP contribution in [0.25, 0.3) is 0 Å². The van der Waals surface area contributed by atoms with Crippen molar-refractivity contribution in [3.63, 3.8) is 0 Å². The van der Waals surface area contributed by atoms with Crippen LogP contribution in [0.4, 0.5) is 4.79 Å². The fourth-order valence-electron chi connectivity index (χ4n) is 1.59. The van der Waals surface area contributed by atoms with Gasteiger partial charge in [0.25, 0.3) is 0 Å². The van der Waals surface area contributed by atoms with Crippen molar-refractivity contribution in [1.82, 2.24) is 5.32 Å². The van der Waals surface area contributed by atoms with Crippen molar-refractivity contribution in [2.45, 2.75) is 59.1 Å². The summed E-state index contributed by atoms with van der Waals surface area (Å²) in [6, 6.07) is 0. The number of nitrogens with two attached hydrogens (primary N) is 1. The first kappa shape index (κ1) is 15.2. The van der Waals surface area contributed by atoms with Crippen LogP contribution in [0.5, 0.6) is 0 Å². The maximum Gasteiger partial charge on any atom is 0.407 e. The van der Waals surface area contributed by atoms with Crippen molar-refractivity contribution in [3.05, 3.63) is 0 Å². The highest BCUT2D eigenvalue weighted by molar-refractivity contribution is 5.67. The van der Waals surface area contributed by atoms with Gasteiger partial charge >= 0.3 is 6.09 Å². The summed E-state index contributed by atoms with van der Waals surface area (Å²) < 4.78 is 5.13. The molecule has 0 spiro atoms. The fraction of sp³-hybridized carbons (Fsp3) is 0.917. The first-order chi connectivity index (χ1) is 7.02. The SMILES string of the molecule is CC(C)CC(C)(N)CNC(=O)OC(C)(C)C. The van der Waals surface area contributed by atoms with Crippen LogP contribution in [-0.2, 0) is 4.74 Å². The molecule has 3 N–H and O–H groups in total. The van der Waals surface area contributed by atoms with E-state index in [1.54, 1.807) is 0 Å². The Kier molecular flexibility index (Phi) is 5.26. The molecule has 96 valence electrons. The number of carbonyl (C=O) groups excluding carboxylic acids is 1. The molecule has 0 bridgehead atoms. The number of amides is 1. The standard InChI is InChI=1S/C12H26N2O2/c1-9(2)7-12(6,13)8-14-10(15)16-11(3,4)5/h9H,7-8,13H2,1-6H3,(H,14,15). The third-order valence-corrected chi connectivity index (χ3v) is 1.91.